The van der Waals surface area contributed by atoms with E-state index in [1.54, 1.807) is 24.3 Å². The maximum atomic E-state index is 12.2. The van der Waals surface area contributed by atoms with E-state index in [2.05, 4.69) is 20.2 Å². The minimum atomic E-state index is 0.0408. The van der Waals surface area contributed by atoms with Crippen molar-refractivity contribution in [3.63, 3.8) is 0 Å². The summed E-state index contributed by atoms with van der Waals surface area (Å²) in [6.07, 6.45) is 3.40. The summed E-state index contributed by atoms with van der Waals surface area (Å²) in [6, 6.07) is 13.6. The Hall–Kier alpha value is -2.67. The summed E-state index contributed by atoms with van der Waals surface area (Å²) in [6.45, 7) is 0.594. The number of aromatic amines is 1. The molecule has 1 N–H and O–H groups in total. The molecule has 1 amide bonds. The zero-order valence-electron chi connectivity index (χ0n) is 13.2. The van der Waals surface area contributed by atoms with Crippen LogP contribution in [0, 0.1) is 0 Å². The van der Waals surface area contributed by atoms with Crippen LogP contribution in [0.25, 0.3) is 11.4 Å². The summed E-state index contributed by atoms with van der Waals surface area (Å²) in [4.78, 5) is 22.3. The molecule has 122 valence electrons. The van der Waals surface area contributed by atoms with Crippen molar-refractivity contribution in [3.8, 4) is 11.4 Å². The summed E-state index contributed by atoms with van der Waals surface area (Å²) in [7, 11) is 1.80. The van der Waals surface area contributed by atoms with Crippen LogP contribution in [-0.2, 0) is 11.3 Å². The standard InChI is InChI=1S/C17H17N5OS/c1-22(11-13-5-3-2-4-6-13)15(23)12-24-17-19-16(20-21-17)14-7-9-18-10-8-14/h2-10H,11-12H2,1H3,(H,19,20,21). The third kappa shape index (κ3) is 4.20. The van der Waals surface area contributed by atoms with E-state index in [0.717, 1.165) is 11.1 Å². The molecule has 2 heterocycles. The van der Waals surface area contributed by atoms with Crippen LogP contribution in [0.4, 0.5) is 0 Å². The smallest absolute Gasteiger partial charge is 0.233 e. The van der Waals surface area contributed by atoms with Crippen LogP contribution < -0.4 is 0 Å². The highest BCUT2D eigenvalue weighted by molar-refractivity contribution is 7.99. The van der Waals surface area contributed by atoms with E-state index in [1.165, 1.54) is 11.8 Å². The normalized spacial score (nSPS) is 10.5. The molecular weight excluding hydrogens is 322 g/mol. The number of hydrogen-bond acceptors (Lipinski definition) is 5. The fourth-order valence-electron chi connectivity index (χ4n) is 2.13. The third-order valence-electron chi connectivity index (χ3n) is 3.43. The summed E-state index contributed by atoms with van der Waals surface area (Å²) in [5.74, 6) is 1.01. The van der Waals surface area contributed by atoms with Crippen molar-refractivity contribution in [3.05, 3.63) is 60.4 Å². The number of amides is 1. The Bertz CT molecular complexity index is 791. The molecule has 0 radical (unpaired) electrons. The van der Waals surface area contributed by atoms with Gasteiger partial charge in [0.05, 0.1) is 5.75 Å². The molecule has 7 heteroatoms. The molecule has 3 rings (SSSR count). The molecular formula is C17H17N5OS. The Morgan fingerprint density at radius 2 is 1.92 bits per heavy atom. The fourth-order valence-corrected chi connectivity index (χ4v) is 2.87. The van der Waals surface area contributed by atoms with E-state index in [0.29, 0.717) is 23.3 Å². The number of benzene rings is 1. The van der Waals surface area contributed by atoms with Crippen LogP contribution in [0.5, 0.6) is 0 Å². The van der Waals surface area contributed by atoms with Gasteiger partial charge in [-0.25, -0.2) is 4.98 Å². The largest absolute Gasteiger partial charge is 0.341 e. The van der Waals surface area contributed by atoms with Crippen LogP contribution in [0.2, 0.25) is 0 Å². The van der Waals surface area contributed by atoms with E-state index < -0.39 is 0 Å². The summed E-state index contributed by atoms with van der Waals surface area (Å²) in [5, 5.41) is 7.58. The number of hydrogen-bond donors (Lipinski definition) is 1. The van der Waals surface area contributed by atoms with Crippen LogP contribution in [-0.4, -0.2) is 43.8 Å². The predicted molar refractivity (Wildman–Crippen MR) is 93.3 cm³/mol. The quantitative estimate of drug-likeness (QED) is 0.699. The number of thioether (sulfide) groups is 1. The lowest BCUT2D eigenvalue weighted by Crippen LogP contribution is -2.27. The molecule has 0 spiro atoms. The first-order valence-electron chi connectivity index (χ1n) is 7.46. The molecule has 6 nitrogen and oxygen atoms in total. The number of nitrogens with one attached hydrogen (secondary N) is 1. The minimum absolute atomic E-state index is 0.0408. The highest BCUT2D eigenvalue weighted by Gasteiger charge is 2.12. The maximum absolute atomic E-state index is 12.2. The second-order valence-corrected chi connectivity index (χ2v) is 6.17. The van der Waals surface area contributed by atoms with Gasteiger partial charge in [0.1, 0.15) is 0 Å². The predicted octanol–water partition coefficient (Wildman–Crippen LogP) is 2.62. The Labute approximate surface area is 144 Å². The van der Waals surface area contributed by atoms with Gasteiger partial charge in [-0.1, -0.05) is 42.1 Å². The number of pyridine rings is 1. The first-order valence-corrected chi connectivity index (χ1v) is 8.44. The number of carbonyl (C=O) groups is 1. The van der Waals surface area contributed by atoms with Crippen molar-refractivity contribution in [2.75, 3.05) is 12.8 Å². The highest BCUT2D eigenvalue weighted by Crippen LogP contribution is 2.18. The molecule has 0 aliphatic heterocycles. The second-order valence-electron chi connectivity index (χ2n) is 5.23. The van der Waals surface area contributed by atoms with E-state index in [-0.39, 0.29) is 5.91 Å². The molecule has 0 saturated heterocycles. The number of H-pyrrole nitrogens is 1. The molecule has 0 unspecified atom stereocenters. The zero-order chi connectivity index (χ0) is 16.8. The summed E-state index contributed by atoms with van der Waals surface area (Å²) >= 11 is 1.32. The molecule has 3 aromatic rings. The van der Waals surface area contributed by atoms with Crippen LogP contribution in [0.15, 0.2) is 60.0 Å². The topological polar surface area (TPSA) is 74.8 Å². The molecule has 0 aliphatic rings. The van der Waals surface area contributed by atoms with Crippen LogP contribution in [0.3, 0.4) is 0 Å². The SMILES string of the molecule is CN(Cc1ccccc1)C(=O)CSc1n[nH]c(-c2ccncc2)n1. The van der Waals surface area contributed by atoms with Crippen LogP contribution >= 0.6 is 11.8 Å². The zero-order valence-corrected chi connectivity index (χ0v) is 14.0. The summed E-state index contributed by atoms with van der Waals surface area (Å²) in [5.41, 5.74) is 2.02. The fraction of sp³-hybridized carbons (Fsp3) is 0.176. The molecule has 0 saturated carbocycles. The second kappa shape index (κ2) is 7.74. The molecule has 1 aromatic carbocycles. The Kier molecular flexibility index (Phi) is 5.22. The lowest BCUT2D eigenvalue weighted by atomic mass is 10.2. The summed E-state index contributed by atoms with van der Waals surface area (Å²) < 4.78 is 0. The average molecular weight is 339 g/mol. The molecule has 0 bridgehead atoms. The monoisotopic (exact) mass is 339 g/mol. The first-order chi connectivity index (χ1) is 11.7. The van der Waals surface area contributed by atoms with Crippen LogP contribution in [0.1, 0.15) is 5.56 Å². The van der Waals surface area contributed by atoms with Gasteiger partial charge in [0.25, 0.3) is 0 Å². The molecule has 0 atom stereocenters. The molecule has 0 aliphatic carbocycles. The van der Waals surface area contributed by atoms with Crippen molar-refractivity contribution >= 4 is 17.7 Å². The highest BCUT2D eigenvalue weighted by atomic mass is 32.2. The van der Waals surface area contributed by atoms with Gasteiger partial charge in [-0.2, -0.15) is 0 Å². The Balaban J connectivity index is 1.54. The van der Waals surface area contributed by atoms with Crippen molar-refractivity contribution in [2.45, 2.75) is 11.7 Å². The van der Waals surface area contributed by atoms with Gasteiger partial charge in [-0.05, 0) is 17.7 Å². The van der Waals surface area contributed by atoms with Gasteiger partial charge in [0, 0.05) is 31.5 Å². The van der Waals surface area contributed by atoms with Gasteiger partial charge in [0.2, 0.25) is 11.1 Å². The van der Waals surface area contributed by atoms with Gasteiger partial charge < -0.3 is 4.90 Å². The molecule has 24 heavy (non-hydrogen) atoms. The molecule has 2 aromatic heterocycles. The maximum Gasteiger partial charge on any atom is 0.233 e. The third-order valence-corrected chi connectivity index (χ3v) is 4.26. The first kappa shape index (κ1) is 16.2. The van der Waals surface area contributed by atoms with Gasteiger partial charge in [0.15, 0.2) is 5.82 Å². The Morgan fingerprint density at radius 3 is 2.67 bits per heavy atom. The van der Waals surface area contributed by atoms with Crippen molar-refractivity contribution in [1.29, 1.82) is 0 Å². The number of nitrogens with zero attached hydrogens (tertiary/aromatic N) is 4. The van der Waals surface area contributed by atoms with Gasteiger partial charge >= 0.3 is 0 Å². The number of rotatable bonds is 6. The number of aromatic nitrogens is 4. The van der Waals surface area contributed by atoms with Crippen molar-refractivity contribution < 1.29 is 4.79 Å². The van der Waals surface area contributed by atoms with Crippen molar-refractivity contribution in [1.82, 2.24) is 25.1 Å². The van der Waals surface area contributed by atoms with Gasteiger partial charge in [-0.15, -0.1) is 5.10 Å². The average Bonchev–Trinajstić information content (AvgIpc) is 3.10. The lowest BCUT2D eigenvalue weighted by Gasteiger charge is -2.16. The lowest BCUT2D eigenvalue weighted by molar-refractivity contribution is -0.127. The van der Waals surface area contributed by atoms with E-state index in [9.17, 15) is 4.79 Å². The molecule has 0 fully saturated rings. The van der Waals surface area contributed by atoms with Crippen molar-refractivity contribution in [2.24, 2.45) is 0 Å². The van der Waals surface area contributed by atoms with E-state index in [4.69, 9.17) is 0 Å². The van der Waals surface area contributed by atoms with E-state index >= 15 is 0 Å². The van der Waals surface area contributed by atoms with Gasteiger partial charge in [-0.3, -0.25) is 14.9 Å². The minimum Gasteiger partial charge on any atom is -0.341 e. The Morgan fingerprint density at radius 1 is 1.17 bits per heavy atom. The number of carbonyl (C=O) groups excluding carboxylic acids is 1. The van der Waals surface area contributed by atoms with E-state index in [1.807, 2.05) is 42.5 Å².